The molecule has 7 nitrogen and oxygen atoms in total. The number of fused-ring (bicyclic) bond motifs is 1. The van der Waals surface area contributed by atoms with Gasteiger partial charge in [0.05, 0.1) is 6.21 Å². The maximum Gasteiger partial charge on any atom is 0.250 e. The van der Waals surface area contributed by atoms with Crippen LogP contribution in [-0.2, 0) is 0 Å². The third-order valence-electron chi connectivity index (χ3n) is 5.55. The summed E-state index contributed by atoms with van der Waals surface area (Å²) in [5, 5.41) is 9.79. The number of piperidine rings is 1. The number of hydrazone groups is 1. The van der Waals surface area contributed by atoms with Crippen LogP contribution in [0.25, 0.3) is 10.8 Å². The minimum absolute atomic E-state index is 0.296. The van der Waals surface area contributed by atoms with Crippen LogP contribution in [-0.4, -0.2) is 34.3 Å². The number of nitrogens with zero attached hydrogens (tertiary/aromatic N) is 5. The lowest BCUT2D eigenvalue weighted by molar-refractivity contribution is 0.568. The largest absolute Gasteiger partial charge is 0.341 e. The summed E-state index contributed by atoms with van der Waals surface area (Å²) >= 11 is 0. The average Bonchev–Trinajstić information content (AvgIpc) is 2.86. The van der Waals surface area contributed by atoms with Gasteiger partial charge in [-0.25, -0.2) is 9.82 Å². The molecule has 0 spiro atoms. The van der Waals surface area contributed by atoms with Gasteiger partial charge in [-0.2, -0.15) is 20.1 Å². The van der Waals surface area contributed by atoms with Crippen molar-refractivity contribution < 1.29 is 4.39 Å². The normalized spacial score (nSPS) is 14.0. The molecule has 2 N–H and O–H groups in total. The highest BCUT2D eigenvalue weighted by Crippen LogP contribution is 2.21. The molecular weight excluding hydrogens is 417 g/mol. The van der Waals surface area contributed by atoms with Gasteiger partial charge in [0, 0.05) is 24.3 Å². The Morgan fingerprint density at radius 3 is 2.42 bits per heavy atom. The van der Waals surface area contributed by atoms with Crippen molar-refractivity contribution in [3.63, 3.8) is 0 Å². The van der Waals surface area contributed by atoms with E-state index in [1.54, 1.807) is 18.3 Å². The molecule has 4 aromatic rings. The van der Waals surface area contributed by atoms with E-state index in [0.717, 1.165) is 42.3 Å². The van der Waals surface area contributed by atoms with Crippen LogP contribution in [0.15, 0.2) is 71.8 Å². The van der Waals surface area contributed by atoms with E-state index in [-0.39, 0.29) is 5.82 Å². The highest BCUT2D eigenvalue weighted by molar-refractivity contribution is 5.99. The summed E-state index contributed by atoms with van der Waals surface area (Å²) in [5.74, 6) is 1.01. The molecule has 2 heterocycles. The van der Waals surface area contributed by atoms with Crippen LogP contribution in [0.4, 0.5) is 27.9 Å². The Morgan fingerprint density at radius 2 is 1.58 bits per heavy atom. The third kappa shape index (κ3) is 5.06. The summed E-state index contributed by atoms with van der Waals surface area (Å²) in [4.78, 5) is 15.8. The molecular formula is C25H24FN7. The molecule has 0 aliphatic carbocycles. The first-order valence-electron chi connectivity index (χ1n) is 11.0. The standard InChI is InChI=1S/C25H24FN7/c26-20-11-13-21(14-12-20)28-23-29-24(31-25(30-23)33-15-4-1-5-16-33)32-27-17-19-9-6-8-18-7-2-3-10-22(18)19/h2-3,6-14,17H,1,4-5,15-16H2,(H2,28,29,30,31,32)/b27-17+. The second-order valence-corrected chi connectivity index (χ2v) is 7.90. The fourth-order valence-corrected chi connectivity index (χ4v) is 3.89. The van der Waals surface area contributed by atoms with Gasteiger partial charge in [0.25, 0.3) is 0 Å². The summed E-state index contributed by atoms with van der Waals surface area (Å²) < 4.78 is 13.3. The van der Waals surface area contributed by atoms with E-state index in [9.17, 15) is 4.39 Å². The molecule has 1 saturated heterocycles. The van der Waals surface area contributed by atoms with E-state index in [2.05, 4.69) is 53.9 Å². The van der Waals surface area contributed by atoms with Gasteiger partial charge < -0.3 is 10.2 Å². The Hall–Kier alpha value is -4.07. The van der Waals surface area contributed by atoms with Crippen LogP contribution < -0.4 is 15.6 Å². The molecule has 1 fully saturated rings. The minimum atomic E-state index is -0.296. The van der Waals surface area contributed by atoms with Gasteiger partial charge in [-0.15, -0.1) is 0 Å². The van der Waals surface area contributed by atoms with Crippen molar-refractivity contribution in [1.82, 2.24) is 15.0 Å². The zero-order chi connectivity index (χ0) is 22.5. The van der Waals surface area contributed by atoms with E-state index >= 15 is 0 Å². The van der Waals surface area contributed by atoms with Gasteiger partial charge >= 0.3 is 0 Å². The predicted octanol–water partition coefficient (Wildman–Crippen LogP) is 5.34. The number of benzene rings is 3. The van der Waals surface area contributed by atoms with Crippen molar-refractivity contribution in [3.8, 4) is 0 Å². The molecule has 3 aromatic carbocycles. The quantitative estimate of drug-likeness (QED) is 0.310. The van der Waals surface area contributed by atoms with Crippen molar-refractivity contribution in [3.05, 3.63) is 78.1 Å². The van der Waals surface area contributed by atoms with E-state index in [0.29, 0.717) is 23.5 Å². The Balaban J connectivity index is 1.41. The lowest BCUT2D eigenvalue weighted by Crippen LogP contribution is -2.31. The first-order chi connectivity index (χ1) is 16.2. The molecule has 0 unspecified atom stereocenters. The van der Waals surface area contributed by atoms with E-state index in [1.165, 1.54) is 18.6 Å². The van der Waals surface area contributed by atoms with Gasteiger partial charge in [-0.1, -0.05) is 42.5 Å². The molecule has 33 heavy (non-hydrogen) atoms. The van der Waals surface area contributed by atoms with E-state index < -0.39 is 0 Å². The summed E-state index contributed by atoms with van der Waals surface area (Å²) in [5.41, 5.74) is 4.64. The average molecular weight is 442 g/mol. The fraction of sp³-hybridized carbons (Fsp3) is 0.200. The SMILES string of the molecule is Fc1ccc(Nc2nc(N/N=C/c3cccc4ccccc34)nc(N3CCCCC3)n2)cc1. The Morgan fingerprint density at radius 1 is 0.818 bits per heavy atom. The number of hydrogen-bond acceptors (Lipinski definition) is 7. The molecule has 1 aromatic heterocycles. The molecule has 1 aliphatic rings. The summed E-state index contributed by atoms with van der Waals surface area (Å²) in [6, 6.07) is 20.3. The van der Waals surface area contributed by atoms with Gasteiger partial charge in [0.15, 0.2) is 0 Å². The van der Waals surface area contributed by atoms with Crippen LogP contribution in [0.3, 0.4) is 0 Å². The first-order valence-corrected chi connectivity index (χ1v) is 11.0. The zero-order valence-electron chi connectivity index (χ0n) is 18.1. The van der Waals surface area contributed by atoms with Crippen molar-refractivity contribution in [2.75, 3.05) is 28.7 Å². The molecule has 8 heteroatoms. The van der Waals surface area contributed by atoms with Crippen LogP contribution in [0, 0.1) is 5.82 Å². The number of rotatable bonds is 6. The molecule has 0 saturated carbocycles. The maximum absolute atomic E-state index is 13.3. The number of nitrogens with one attached hydrogen (secondary N) is 2. The second-order valence-electron chi connectivity index (χ2n) is 7.90. The van der Waals surface area contributed by atoms with E-state index in [1.807, 2.05) is 24.3 Å². The van der Waals surface area contributed by atoms with Crippen LogP contribution >= 0.6 is 0 Å². The number of hydrogen-bond donors (Lipinski definition) is 2. The van der Waals surface area contributed by atoms with Gasteiger partial charge in [-0.05, 0) is 54.3 Å². The minimum Gasteiger partial charge on any atom is -0.341 e. The topological polar surface area (TPSA) is 78.3 Å². The molecule has 0 atom stereocenters. The first kappa shape index (κ1) is 20.8. The van der Waals surface area contributed by atoms with Crippen LogP contribution in [0.2, 0.25) is 0 Å². The molecule has 5 rings (SSSR count). The van der Waals surface area contributed by atoms with Gasteiger partial charge in [-0.3, -0.25) is 0 Å². The van der Waals surface area contributed by atoms with Crippen molar-refractivity contribution in [1.29, 1.82) is 0 Å². The molecule has 166 valence electrons. The van der Waals surface area contributed by atoms with Crippen LogP contribution in [0.5, 0.6) is 0 Å². The summed E-state index contributed by atoms with van der Waals surface area (Å²) in [7, 11) is 0. The lowest BCUT2D eigenvalue weighted by atomic mass is 10.1. The number of anilines is 4. The molecule has 0 amide bonds. The Kier molecular flexibility index (Phi) is 6.06. The second kappa shape index (κ2) is 9.60. The molecule has 1 aliphatic heterocycles. The highest BCUT2D eigenvalue weighted by Gasteiger charge is 2.16. The highest BCUT2D eigenvalue weighted by atomic mass is 19.1. The number of aromatic nitrogens is 3. The van der Waals surface area contributed by atoms with E-state index in [4.69, 9.17) is 0 Å². The molecule has 0 radical (unpaired) electrons. The predicted molar refractivity (Wildman–Crippen MR) is 131 cm³/mol. The van der Waals surface area contributed by atoms with Gasteiger partial charge in [0.1, 0.15) is 5.82 Å². The van der Waals surface area contributed by atoms with Crippen LogP contribution in [0.1, 0.15) is 24.8 Å². The third-order valence-corrected chi connectivity index (χ3v) is 5.55. The smallest absolute Gasteiger partial charge is 0.250 e. The van der Waals surface area contributed by atoms with Crippen molar-refractivity contribution >= 4 is 40.5 Å². The van der Waals surface area contributed by atoms with Gasteiger partial charge in [0.2, 0.25) is 17.8 Å². The zero-order valence-corrected chi connectivity index (χ0v) is 18.1. The van der Waals surface area contributed by atoms with Crippen molar-refractivity contribution in [2.45, 2.75) is 19.3 Å². The summed E-state index contributed by atoms with van der Waals surface area (Å²) in [6.45, 7) is 1.80. The Labute approximate surface area is 191 Å². The Bertz CT molecular complexity index is 1260. The van der Waals surface area contributed by atoms with Crippen molar-refractivity contribution in [2.24, 2.45) is 5.10 Å². The molecule has 0 bridgehead atoms. The lowest BCUT2D eigenvalue weighted by Gasteiger charge is -2.26. The fourth-order valence-electron chi connectivity index (χ4n) is 3.89. The summed E-state index contributed by atoms with van der Waals surface area (Å²) in [6.07, 6.45) is 5.19. The number of halogens is 1. The monoisotopic (exact) mass is 441 g/mol. The maximum atomic E-state index is 13.3.